The van der Waals surface area contributed by atoms with E-state index in [1.54, 1.807) is 0 Å². The van der Waals surface area contributed by atoms with Crippen molar-refractivity contribution < 1.29 is 0 Å². The van der Waals surface area contributed by atoms with Gasteiger partial charge in [0.25, 0.3) is 0 Å². The van der Waals surface area contributed by atoms with Gasteiger partial charge in [-0.1, -0.05) is 35.9 Å². The molecular weight excluding hydrogens is 182 g/mol. The molecule has 0 aromatic heterocycles. The van der Waals surface area contributed by atoms with Gasteiger partial charge in [0.1, 0.15) is 0 Å². The Balaban J connectivity index is 2.56. The first kappa shape index (κ1) is 8.59. The van der Waals surface area contributed by atoms with E-state index in [0.29, 0.717) is 0 Å². The van der Waals surface area contributed by atoms with Gasteiger partial charge < -0.3 is 0 Å². The smallest absolute Gasteiger partial charge is 0.156 e. The first-order chi connectivity index (χ1) is 6.26. The van der Waals surface area contributed by atoms with E-state index in [-0.39, 0.29) is 0 Å². The zero-order valence-corrected chi connectivity index (χ0v) is 8.01. The van der Waals surface area contributed by atoms with Crippen molar-refractivity contribution in [2.24, 2.45) is 0 Å². The fourth-order valence-corrected chi connectivity index (χ4v) is 2.22. The topological polar surface area (TPSA) is 23.8 Å². The quantitative estimate of drug-likeness (QED) is 0.579. The van der Waals surface area contributed by atoms with Crippen molar-refractivity contribution in [1.82, 2.24) is 0 Å². The van der Waals surface area contributed by atoms with Gasteiger partial charge in [0.05, 0.1) is 6.07 Å². The number of hydrogen-bond donors (Lipinski definition) is 0. The minimum atomic E-state index is -0.769. The highest BCUT2D eigenvalue weighted by Crippen LogP contribution is 2.39. The normalized spacial score (nSPS) is 26.2. The highest BCUT2D eigenvalue weighted by Gasteiger charge is 2.33. The molecule has 1 unspecified atom stereocenters. The molecule has 0 radical (unpaired) electrons. The second-order valence-corrected chi connectivity index (χ2v) is 4.07. The molecule has 0 saturated heterocycles. The third kappa shape index (κ3) is 1.32. The first-order valence-corrected chi connectivity index (χ1v) is 4.83. The van der Waals surface area contributed by atoms with Gasteiger partial charge in [-0.05, 0) is 30.4 Å². The Morgan fingerprint density at radius 1 is 1.38 bits per heavy atom. The number of nitriles is 1. The van der Waals surface area contributed by atoms with Crippen LogP contribution >= 0.6 is 11.6 Å². The summed E-state index contributed by atoms with van der Waals surface area (Å²) < 4.78 is 0. The fraction of sp³-hybridized carbons (Fsp3) is 0.364. The van der Waals surface area contributed by atoms with Crippen LogP contribution in [0.25, 0.3) is 0 Å². The average molecular weight is 192 g/mol. The highest BCUT2D eigenvalue weighted by molar-refractivity contribution is 6.26. The molecule has 0 N–H and O–H groups in total. The second-order valence-electron chi connectivity index (χ2n) is 3.42. The number of alkyl halides is 1. The number of halogens is 1. The van der Waals surface area contributed by atoms with E-state index in [1.165, 1.54) is 5.56 Å². The summed E-state index contributed by atoms with van der Waals surface area (Å²) in [7, 11) is 0. The Morgan fingerprint density at radius 3 is 2.92 bits per heavy atom. The van der Waals surface area contributed by atoms with Gasteiger partial charge in [-0.3, -0.25) is 0 Å². The van der Waals surface area contributed by atoms with E-state index in [1.807, 2.05) is 18.2 Å². The molecule has 2 heteroatoms. The van der Waals surface area contributed by atoms with E-state index in [0.717, 1.165) is 24.8 Å². The molecular formula is C11H10ClN. The number of hydrogen-bond acceptors (Lipinski definition) is 1. The number of fused-ring (bicyclic) bond motifs is 1. The van der Waals surface area contributed by atoms with Crippen LogP contribution in [-0.2, 0) is 11.3 Å². The lowest BCUT2D eigenvalue weighted by molar-refractivity contribution is 0.589. The van der Waals surface area contributed by atoms with E-state index in [2.05, 4.69) is 12.1 Å². The maximum atomic E-state index is 9.02. The fourth-order valence-electron chi connectivity index (χ4n) is 1.90. The molecule has 1 nitrogen and oxygen atoms in total. The van der Waals surface area contributed by atoms with E-state index in [4.69, 9.17) is 16.9 Å². The lowest BCUT2D eigenvalue weighted by atomic mass is 9.83. The van der Waals surface area contributed by atoms with Gasteiger partial charge in [-0.2, -0.15) is 5.26 Å². The molecule has 1 aromatic carbocycles. The standard InChI is InChI=1S/C11H10ClN/c12-11(8-13)7-3-5-9-4-1-2-6-10(9)11/h1-2,4,6H,3,5,7H2. The molecule has 1 atom stereocenters. The van der Waals surface area contributed by atoms with Crippen LogP contribution in [0.1, 0.15) is 24.0 Å². The molecule has 0 saturated carbocycles. The molecule has 66 valence electrons. The number of benzene rings is 1. The summed E-state index contributed by atoms with van der Waals surface area (Å²) in [6.45, 7) is 0. The van der Waals surface area contributed by atoms with Crippen molar-refractivity contribution in [2.75, 3.05) is 0 Å². The molecule has 1 aromatic rings. The van der Waals surface area contributed by atoms with Crippen LogP contribution in [0.5, 0.6) is 0 Å². The van der Waals surface area contributed by atoms with Crippen LogP contribution in [0.3, 0.4) is 0 Å². The zero-order chi connectivity index (χ0) is 9.31. The number of nitrogens with zero attached hydrogens (tertiary/aromatic N) is 1. The molecule has 2 rings (SSSR count). The minimum absolute atomic E-state index is 0.766. The second kappa shape index (κ2) is 3.05. The Bertz CT molecular complexity index is 367. The zero-order valence-electron chi connectivity index (χ0n) is 7.26. The van der Waals surface area contributed by atoms with Crippen LogP contribution < -0.4 is 0 Å². The summed E-state index contributed by atoms with van der Waals surface area (Å²) >= 11 is 6.23. The first-order valence-electron chi connectivity index (χ1n) is 4.45. The maximum absolute atomic E-state index is 9.02. The molecule has 0 bridgehead atoms. The predicted octanol–water partition coefficient (Wildman–Crippen LogP) is 2.98. The van der Waals surface area contributed by atoms with Crippen molar-refractivity contribution >= 4 is 11.6 Å². The van der Waals surface area contributed by atoms with Gasteiger partial charge >= 0.3 is 0 Å². The van der Waals surface area contributed by atoms with Crippen molar-refractivity contribution in [3.05, 3.63) is 35.4 Å². The summed E-state index contributed by atoms with van der Waals surface area (Å²) in [5.74, 6) is 0. The highest BCUT2D eigenvalue weighted by atomic mass is 35.5. The lowest BCUT2D eigenvalue weighted by Crippen LogP contribution is -2.22. The van der Waals surface area contributed by atoms with Crippen molar-refractivity contribution in [1.29, 1.82) is 5.26 Å². The van der Waals surface area contributed by atoms with E-state index < -0.39 is 4.87 Å². The Labute approximate surface area is 82.9 Å². The number of aryl methyl sites for hydroxylation is 1. The van der Waals surface area contributed by atoms with E-state index in [9.17, 15) is 0 Å². The summed E-state index contributed by atoms with van der Waals surface area (Å²) in [6, 6.07) is 10.2. The molecule has 1 aliphatic carbocycles. The summed E-state index contributed by atoms with van der Waals surface area (Å²) in [5, 5.41) is 9.02. The molecule has 0 heterocycles. The Morgan fingerprint density at radius 2 is 2.15 bits per heavy atom. The van der Waals surface area contributed by atoms with Gasteiger partial charge in [0, 0.05) is 0 Å². The molecule has 0 aliphatic heterocycles. The average Bonchev–Trinajstić information content (AvgIpc) is 2.19. The van der Waals surface area contributed by atoms with Gasteiger partial charge in [-0.25, -0.2) is 0 Å². The largest absolute Gasteiger partial charge is 0.196 e. The Hall–Kier alpha value is -1.00. The van der Waals surface area contributed by atoms with Crippen LogP contribution in [0.2, 0.25) is 0 Å². The van der Waals surface area contributed by atoms with Gasteiger partial charge in [0.2, 0.25) is 0 Å². The maximum Gasteiger partial charge on any atom is 0.156 e. The van der Waals surface area contributed by atoms with Gasteiger partial charge in [-0.15, -0.1) is 0 Å². The van der Waals surface area contributed by atoms with Crippen molar-refractivity contribution in [3.63, 3.8) is 0 Å². The van der Waals surface area contributed by atoms with E-state index >= 15 is 0 Å². The predicted molar refractivity (Wildman–Crippen MR) is 52.5 cm³/mol. The molecule has 0 spiro atoms. The summed E-state index contributed by atoms with van der Waals surface area (Å²) in [5.41, 5.74) is 2.23. The number of rotatable bonds is 0. The molecule has 0 fully saturated rings. The third-order valence-electron chi connectivity index (χ3n) is 2.59. The lowest BCUT2D eigenvalue weighted by Gasteiger charge is -2.27. The SMILES string of the molecule is N#CC1(Cl)CCCc2ccccc21. The molecule has 13 heavy (non-hydrogen) atoms. The molecule has 1 aliphatic rings. The van der Waals surface area contributed by atoms with Crippen LogP contribution in [0.15, 0.2) is 24.3 Å². The van der Waals surface area contributed by atoms with Gasteiger partial charge in [0.15, 0.2) is 4.87 Å². The summed E-state index contributed by atoms with van der Waals surface area (Å²) in [4.78, 5) is -0.769. The van der Waals surface area contributed by atoms with Crippen LogP contribution in [-0.4, -0.2) is 0 Å². The van der Waals surface area contributed by atoms with Crippen LogP contribution in [0.4, 0.5) is 0 Å². The third-order valence-corrected chi connectivity index (χ3v) is 3.07. The van der Waals surface area contributed by atoms with Crippen molar-refractivity contribution in [2.45, 2.75) is 24.1 Å². The minimum Gasteiger partial charge on any atom is -0.196 e. The van der Waals surface area contributed by atoms with Crippen molar-refractivity contribution in [3.8, 4) is 6.07 Å². The monoisotopic (exact) mass is 191 g/mol. The van der Waals surface area contributed by atoms with Crippen LogP contribution in [0, 0.1) is 11.3 Å². The summed E-state index contributed by atoms with van der Waals surface area (Å²) in [6.07, 6.45) is 2.82. The molecule has 0 amide bonds. The Kier molecular flexibility index (Phi) is 2.01.